The fourth-order valence-electron chi connectivity index (χ4n) is 1.64. The number of alkyl halides is 3. The maximum atomic E-state index is 12.6. The van der Waals surface area contributed by atoms with Gasteiger partial charge in [0.25, 0.3) is 0 Å². The average Bonchev–Trinajstić information content (AvgIpc) is 2.43. The van der Waals surface area contributed by atoms with Crippen LogP contribution in [0.15, 0.2) is 6.07 Å². The molecule has 1 rings (SSSR count). The van der Waals surface area contributed by atoms with Crippen molar-refractivity contribution >= 4 is 11.6 Å². The molecule has 0 aromatic carbocycles. The van der Waals surface area contributed by atoms with E-state index in [4.69, 9.17) is 9.84 Å². The van der Waals surface area contributed by atoms with Gasteiger partial charge in [-0.05, 0) is 6.92 Å². The van der Waals surface area contributed by atoms with Crippen LogP contribution in [0.3, 0.4) is 0 Å². The minimum atomic E-state index is -4.39. The van der Waals surface area contributed by atoms with E-state index in [1.165, 1.54) is 6.07 Å². The molecule has 0 fully saturated rings. The third-order valence-electron chi connectivity index (χ3n) is 2.51. The lowest BCUT2D eigenvalue weighted by atomic mass is 10.4. The van der Waals surface area contributed by atoms with Gasteiger partial charge in [0.2, 0.25) is 0 Å². The second-order valence-corrected chi connectivity index (χ2v) is 4.18. The van der Waals surface area contributed by atoms with Gasteiger partial charge in [-0.3, -0.25) is 0 Å². The van der Waals surface area contributed by atoms with Crippen molar-refractivity contribution in [2.75, 3.05) is 43.6 Å². The predicted molar refractivity (Wildman–Crippen MR) is 72.3 cm³/mol. The molecule has 0 amide bonds. The number of aromatic nitrogens is 2. The Labute approximate surface area is 121 Å². The van der Waals surface area contributed by atoms with E-state index in [0.29, 0.717) is 12.4 Å². The third-order valence-corrected chi connectivity index (χ3v) is 2.51. The molecule has 6 nitrogen and oxygen atoms in total. The number of halogens is 3. The normalized spacial score (nSPS) is 11.5. The van der Waals surface area contributed by atoms with Crippen LogP contribution in [0.2, 0.25) is 0 Å². The van der Waals surface area contributed by atoms with Gasteiger partial charge in [-0.15, -0.1) is 0 Å². The SMILES string of the molecule is CCOCc1nc(NC)cc(N(CCO)CC(F)(F)F)n1. The Morgan fingerprint density at radius 3 is 2.62 bits per heavy atom. The van der Waals surface area contributed by atoms with Crippen molar-refractivity contribution in [2.24, 2.45) is 0 Å². The Balaban J connectivity index is 3.04. The molecule has 21 heavy (non-hydrogen) atoms. The van der Waals surface area contributed by atoms with Crippen molar-refractivity contribution in [3.63, 3.8) is 0 Å². The van der Waals surface area contributed by atoms with Crippen LogP contribution in [0.25, 0.3) is 0 Å². The van der Waals surface area contributed by atoms with Gasteiger partial charge >= 0.3 is 6.18 Å². The third kappa shape index (κ3) is 6.13. The highest BCUT2D eigenvalue weighted by atomic mass is 19.4. The Bertz CT molecular complexity index is 443. The van der Waals surface area contributed by atoms with Crippen molar-refractivity contribution in [1.82, 2.24) is 9.97 Å². The molecule has 0 saturated carbocycles. The first kappa shape index (κ1) is 17.4. The van der Waals surface area contributed by atoms with Crippen LogP contribution in [0.5, 0.6) is 0 Å². The molecule has 1 aromatic rings. The maximum Gasteiger partial charge on any atom is 0.405 e. The Hall–Kier alpha value is -1.61. The lowest BCUT2D eigenvalue weighted by Gasteiger charge is -2.24. The predicted octanol–water partition coefficient (Wildman–Crippen LogP) is 1.42. The highest BCUT2D eigenvalue weighted by molar-refractivity contribution is 5.49. The van der Waals surface area contributed by atoms with Gasteiger partial charge in [-0.25, -0.2) is 9.97 Å². The van der Waals surface area contributed by atoms with E-state index in [1.807, 2.05) is 0 Å². The number of rotatable bonds is 8. The van der Waals surface area contributed by atoms with Crippen molar-refractivity contribution in [3.05, 3.63) is 11.9 Å². The van der Waals surface area contributed by atoms with E-state index in [-0.39, 0.29) is 24.8 Å². The number of aliphatic hydroxyl groups excluding tert-OH is 1. The quantitative estimate of drug-likeness (QED) is 0.757. The molecule has 0 spiro atoms. The highest BCUT2D eigenvalue weighted by Gasteiger charge is 2.31. The molecule has 0 radical (unpaired) electrons. The zero-order chi connectivity index (χ0) is 15.9. The summed E-state index contributed by atoms with van der Waals surface area (Å²) in [5.74, 6) is 0.763. The van der Waals surface area contributed by atoms with E-state index in [2.05, 4.69) is 15.3 Å². The zero-order valence-corrected chi connectivity index (χ0v) is 11.9. The molecule has 0 aliphatic carbocycles. The van der Waals surface area contributed by atoms with Gasteiger partial charge in [0, 0.05) is 26.3 Å². The van der Waals surface area contributed by atoms with Crippen LogP contribution in [0.1, 0.15) is 12.7 Å². The topological polar surface area (TPSA) is 70.5 Å². The molecule has 1 heterocycles. The molecule has 1 aromatic heterocycles. The number of anilines is 2. The Morgan fingerprint density at radius 2 is 2.10 bits per heavy atom. The summed E-state index contributed by atoms with van der Waals surface area (Å²) < 4.78 is 43.0. The summed E-state index contributed by atoms with van der Waals surface area (Å²) >= 11 is 0. The first-order chi connectivity index (χ1) is 9.89. The fraction of sp³-hybridized carbons (Fsp3) is 0.667. The number of nitrogens with one attached hydrogen (secondary N) is 1. The second kappa shape index (κ2) is 7.99. The minimum Gasteiger partial charge on any atom is -0.395 e. The second-order valence-electron chi connectivity index (χ2n) is 4.18. The van der Waals surface area contributed by atoms with E-state index in [9.17, 15) is 13.2 Å². The van der Waals surface area contributed by atoms with Crippen LogP contribution in [-0.4, -0.2) is 54.6 Å². The summed E-state index contributed by atoms with van der Waals surface area (Å²) in [4.78, 5) is 9.13. The smallest absolute Gasteiger partial charge is 0.395 e. The molecule has 0 saturated heterocycles. The molecule has 0 unspecified atom stereocenters. The first-order valence-electron chi connectivity index (χ1n) is 6.45. The summed E-state index contributed by atoms with van der Waals surface area (Å²) in [7, 11) is 1.61. The minimum absolute atomic E-state index is 0.0930. The number of hydrogen-bond donors (Lipinski definition) is 2. The average molecular weight is 308 g/mol. The molecular formula is C12H19F3N4O2. The lowest BCUT2D eigenvalue weighted by molar-refractivity contribution is -0.120. The summed E-state index contributed by atoms with van der Waals surface area (Å²) in [5.41, 5.74) is 0. The van der Waals surface area contributed by atoms with E-state index in [0.717, 1.165) is 4.90 Å². The summed E-state index contributed by atoms with van der Waals surface area (Å²) in [6.45, 7) is 0.583. The van der Waals surface area contributed by atoms with Crippen LogP contribution < -0.4 is 10.2 Å². The van der Waals surface area contributed by atoms with Gasteiger partial charge in [0.15, 0.2) is 5.82 Å². The summed E-state index contributed by atoms with van der Waals surface area (Å²) in [6, 6.07) is 1.40. The zero-order valence-electron chi connectivity index (χ0n) is 11.9. The number of aliphatic hydroxyl groups is 1. The summed E-state index contributed by atoms with van der Waals surface area (Å²) in [6.07, 6.45) is -4.39. The molecule has 0 bridgehead atoms. The molecule has 120 valence electrons. The van der Waals surface area contributed by atoms with Crippen molar-refractivity contribution in [3.8, 4) is 0 Å². The summed E-state index contributed by atoms with van der Waals surface area (Å²) in [5, 5.41) is 11.7. The van der Waals surface area contributed by atoms with E-state index >= 15 is 0 Å². The fourth-order valence-corrected chi connectivity index (χ4v) is 1.64. The standard InChI is InChI=1S/C12H19F3N4O2/c1-3-21-7-10-17-9(16-2)6-11(18-10)19(4-5-20)8-12(13,14)15/h6,20H,3-5,7-8H2,1-2H3,(H,16,17,18). The monoisotopic (exact) mass is 308 g/mol. The van der Waals surface area contributed by atoms with E-state index < -0.39 is 19.3 Å². The number of hydrogen-bond acceptors (Lipinski definition) is 6. The molecule has 9 heteroatoms. The van der Waals surface area contributed by atoms with Crippen LogP contribution in [0.4, 0.5) is 24.8 Å². The molecule has 0 aliphatic rings. The van der Waals surface area contributed by atoms with Gasteiger partial charge in [0.1, 0.15) is 24.8 Å². The Morgan fingerprint density at radius 1 is 1.38 bits per heavy atom. The lowest BCUT2D eigenvalue weighted by Crippen LogP contribution is -2.37. The van der Waals surface area contributed by atoms with Crippen LogP contribution >= 0.6 is 0 Å². The van der Waals surface area contributed by atoms with Gasteiger partial charge in [-0.1, -0.05) is 0 Å². The number of nitrogens with zero attached hydrogens (tertiary/aromatic N) is 3. The molecular weight excluding hydrogens is 289 g/mol. The van der Waals surface area contributed by atoms with Crippen molar-refractivity contribution in [1.29, 1.82) is 0 Å². The largest absolute Gasteiger partial charge is 0.405 e. The van der Waals surface area contributed by atoms with Gasteiger partial charge in [0.05, 0.1) is 6.61 Å². The van der Waals surface area contributed by atoms with Crippen molar-refractivity contribution in [2.45, 2.75) is 19.7 Å². The maximum absolute atomic E-state index is 12.6. The van der Waals surface area contributed by atoms with Crippen LogP contribution in [-0.2, 0) is 11.3 Å². The molecule has 0 atom stereocenters. The van der Waals surface area contributed by atoms with E-state index in [1.54, 1.807) is 14.0 Å². The van der Waals surface area contributed by atoms with Crippen molar-refractivity contribution < 1.29 is 23.0 Å². The van der Waals surface area contributed by atoms with Crippen LogP contribution in [0, 0.1) is 0 Å². The Kier molecular flexibility index (Phi) is 6.63. The first-order valence-corrected chi connectivity index (χ1v) is 6.45. The van der Waals surface area contributed by atoms with Gasteiger partial charge < -0.3 is 20.1 Å². The molecule has 0 aliphatic heterocycles. The number of ether oxygens (including phenoxy) is 1. The highest BCUT2D eigenvalue weighted by Crippen LogP contribution is 2.22. The van der Waals surface area contributed by atoms with Gasteiger partial charge in [-0.2, -0.15) is 13.2 Å². The molecule has 2 N–H and O–H groups in total.